The fourth-order valence-electron chi connectivity index (χ4n) is 1.90. The second-order valence-corrected chi connectivity index (χ2v) is 6.09. The molecule has 0 aliphatic carbocycles. The van der Waals surface area contributed by atoms with Crippen LogP contribution in [0.4, 0.5) is 22.7 Å². The van der Waals surface area contributed by atoms with E-state index in [1.807, 2.05) is 73.1 Å². The maximum absolute atomic E-state index is 5.66. The summed E-state index contributed by atoms with van der Waals surface area (Å²) in [6.45, 7) is 0. The normalized spacial score (nSPS) is 11.5. The molecule has 1 aromatic heterocycles. The van der Waals surface area contributed by atoms with E-state index in [1.165, 1.54) is 0 Å². The summed E-state index contributed by atoms with van der Waals surface area (Å²) in [4.78, 5) is 11.0. The molecule has 0 saturated carbocycles. The maximum Gasteiger partial charge on any atom is 0.0631 e. The quantitative estimate of drug-likeness (QED) is 0.551. The predicted molar refractivity (Wildman–Crippen MR) is 101 cm³/mol. The van der Waals surface area contributed by atoms with Crippen LogP contribution in [0.15, 0.2) is 70.6 Å². The van der Waals surface area contributed by atoms with Crippen LogP contribution in [0.1, 0.15) is 9.75 Å². The lowest BCUT2D eigenvalue weighted by molar-refractivity contribution is 1.53. The molecule has 0 spiro atoms. The van der Waals surface area contributed by atoms with Gasteiger partial charge < -0.3 is 11.5 Å². The highest BCUT2D eigenvalue weighted by Gasteiger charge is 1.96. The second-order valence-electron chi connectivity index (χ2n) is 4.94. The van der Waals surface area contributed by atoms with E-state index in [2.05, 4.69) is 9.98 Å². The van der Waals surface area contributed by atoms with Gasteiger partial charge in [0.1, 0.15) is 0 Å². The highest BCUT2D eigenvalue weighted by atomic mass is 32.1. The summed E-state index contributed by atoms with van der Waals surface area (Å²) in [5.41, 5.74) is 14.5. The Bertz CT molecular complexity index is 760. The standard InChI is InChI=1S/C18H16N4S/c19-13-1-5-15(6-2-13)21-11-17-9-10-18(23-17)12-22-16-7-3-14(20)4-8-16/h1-12H,19-20H2/b21-11+,22-12+. The summed E-state index contributed by atoms with van der Waals surface area (Å²) in [6, 6.07) is 19.0. The van der Waals surface area contributed by atoms with Gasteiger partial charge in [0.2, 0.25) is 0 Å². The molecule has 3 rings (SSSR count). The van der Waals surface area contributed by atoms with Crippen molar-refractivity contribution in [1.29, 1.82) is 0 Å². The van der Waals surface area contributed by atoms with Crippen LogP contribution >= 0.6 is 11.3 Å². The Balaban J connectivity index is 1.68. The van der Waals surface area contributed by atoms with Crippen LogP contribution in [0.2, 0.25) is 0 Å². The van der Waals surface area contributed by atoms with Crippen LogP contribution in [-0.4, -0.2) is 12.4 Å². The van der Waals surface area contributed by atoms with Crippen molar-refractivity contribution in [1.82, 2.24) is 0 Å². The van der Waals surface area contributed by atoms with E-state index in [0.717, 1.165) is 32.5 Å². The zero-order valence-corrected chi connectivity index (χ0v) is 13.2. The van der Waals surface area contributed by atoms with Gasteiger partial charge in [-0.05, 0) is 60.7 Å². The number of nitrogen functional groups attached to an aromatic ring is 2. The Labute approximate surface area is 138 Å². The first-order chi connectivity index (χ1) is 11.2. The molecule has 0 unspecified atom stereocenters. The van der Waals surface area contributed by atoms with Crippen molar-refractivity contribution in [2.24, 2.45) is 9.98 Å². The van der Waals surface area contributed by atoms with Gasteiger partial charge in [-0.25, -0.2) is 0 Å². The molecule has 4 N–H and O–H groups in total. The first-order valence-electron chi connectivity index (χ1n) is 7.08. The topological polar surface area (TPSA) is 76.8 Å². The molecule has 1 heterocycles. The van der Waals surface area contributed by atoms with Gasteiger partial charge in [0.15, 0.2) is 0 Å². The molecule has 0 fully saturated rings. The molecule has 0 bridgehead atoms. The summed E-state index contributed by atoms with van der Waals surface area (Å²) in [5, 5.41) is 0. The lowest BCUT2D eigenvalue weighted by atomic mass is 10.3. The Kier molecular flexibility index (Phi) is 4.49. The molecule has 0 aliphatic heterocycles. The van der Waals surface area contributed by atoms with Gasteiger partial charge >= 0.3 is 0 Å². The van der Waals surface area contributed by atoms with Crippen molar-refractivity contribution in [2.45, 2.75) is 0 Å². The molecule has 0 amide bonds. The molecule has 114 valence electrons. The second kappa shape index (κ2) is 6.89. The number of thiophene rings is 1. The molecule has 0 aliphatic rings. The summed E-state index contributed by atoms with van der Waals surface area (Å²) >= 11 is 1.63. The number of rotatable bonds is 4. The van der Waals surface area contributed by atoms with E-state index in [1.54, 1.807) is 11.3 Å². The number of aliphatic imine (C=N–C) groups is 2. The van der Waals surface area contributed by atoms with Crippen LogP contribution in [0.3, 0.4) is 0 Å². The SMILES string of the molecule is Nc1ccc(/N=C/c2ccc(/C=N/c3ccc(N)cc3)s2)cc1. The monoisotopic (exact) mass is 320 g/mol. The third-order valence-electron chi connectivity index (χ3n) is 3.12. The van der Waals surface area contributed by atoms with E-state index in [4.69, 9.17) is 11.5 Å². The molecule has 0 saturated heterocycles. The fourth-order valence-corrected chi connectivity index (χ4v) is 2.66. The summed E-state index contributed by atoms with van der Waals surface area (Å²) < 4.78 is 0. The average molecular weight is 320 g/mol. The summed E-state index contributed by atoms with van der Waals surface area (Å²) in [7, 11) is 0. The third kappa shape index (κ3) is 4.28. The maximum atomic E-state index is 5.66. The predicted octanol–water partition coefficient (Wildman–Crippen LogP) is 4.41. The molecule has 5 heteroatoms. The molecular formula is C18H16N4S. The molecule has 0 atom stereocenters. The van der Waals surface area contributed by atoms with Crippen LogP contribution in [-0.2, 0) is 0 Å². The summed E-state index contributed by atoms with van der Waals surface area (Å²) in [5.74, 6) is 0. The van der Waals surface area contributed by atoms with Crippen molar-refractivity contribution < 1.29 is 0 Å². The highest BCUT2D eigenvalue weighted by Crippen LogP contribution is 2.18. The zero-order chi connectivity index (χ0) is 16.1. The zero-order valence-electron chi connectivity index (χ0n) is 12.4. The van der Waals surface area contributed by atoms with E-state index in [-0.39, 0.29) is 0 Å². The Morgan fingerprint density at radius 1 is 0.609 bits per heavy atom. The number of anilines is 2. The van der Waals surface area contributed by atoms with Gasteiger partial charge in [0.05, 0.1) is 11.4 Å². The minimum Gasteiger partial charge on any atom is -0.399 e. The van der Waals surface area contributed by atoms with Crippen LogP contribution < -0.4 is 11.5 Å². The van der Waals surface area contributed by atoms with Crippen LogP contribution in [0.25, 0.3) is 0 Å². The largest absolute Gasteiger partial charge is 0.399 e. The van der Waals surface area contributed by atoms with Gasteiger partial charge in [-0.2, -0.15) is 0 Å². The Morgan fingerprint density at radius 2 is 1.00 bits per heavy atom. The number of hydrogen-bond acceptors (Lipinski definition) is 5. The van der Waals surface area contributed by atoms with E-state index in [9.17, 15) is 0 Å². The average Bonchev–Trinajstić information content (AvgIpc) is 3.02. The van der Waals surface area contributed by atoms with Crippen molar-refractivity contribution in [3.8, 4) is 0 Å². The number of hydrogen-bond donors (Lipinski definition) is 2. The Hall–Kier alpha value is -2.92. The Morgan fingerprint density at radius 3 is 1.39 bits per heavy atom. The van der Waals surface area contributed by atoms with Gasteiger partial charge in [-0.1, -0.05) is 0 Å². The minimum absolute atomic E-state index is 0.737. The van der Waals surface area contributed by atoms with E-state index in [0.29, 0.717) is 0 Å². The lowest BCUT2D eigenvalue weighted by Crippen LogP contribution is -1.81. The van der Waals surface area contributed by atoms with E-state index < -0.39 is 0 Å². The molecule has 0 radical (unpaired) electrons. The number of benzene rings is 2. The highest BCUT2D eigenvalue weighted by molar-refractivity contribution is 7.15. The molecular weight excluding hydrogens is 304 g/mol. The molecule has 3 aromatic rings. The smallest absolute Gasteiger partial charge is 0.0631 e. The molecule has 4 nitrogen and oxygen atoms in total. The minimum atomic E-state index is 0.737. The van der Waals surface area contributed by atoms with Crippen molar-refractivity contribution >= 4 is 46.5 Å². The number of nitrogens with zero attached hydrogens (tertiary/aromatic N) is 2. The van der Waals surface area contributed by atoms with Gasteiger partial charge in [-0.3, -0.25) is 9.98 Å². The fraction of sp³-hybridized carbons (Fsp3) is 0. The molecule has 2 aromatic carbocycles. The summed E-state index contributed by atoms with van der Waals surface area (Å²) in [6.07, 6.45) is 3.69. The third-order valence-corrected chi connectivity index (χ3v) is 4.07. The van der Waals surface area contributed by atoms with Gasteiger partial charge in [-0.15, -0.1) is 11.3 Å². The first kappa shape index (κ1) is 15.0. The van der Waals surface area contributed by atoms with Crippen molar-refractivity contribution in [3.05, 3.63) is 70.4 Å². The van der Waals surface area contributed by atoms with Crippen LogP contribution in [0, 0.1) is 0 Å². The van der Waals surface area contributed by atoms with E-state index >= 15 is 0 Å². The van der Waals surface area contributed by atoms with Crippen molar-refractivity contribution in [3.63, 3.8) is 0 Å². The van der Waals surface area contributed by atoms with Crippen molar-refractivity contribution in [2.75, 3.05) is 11.5 Å². The first-order valence-corrected chi connectivity index (χ1v) is 7.90. The van der Waals surface area contributed by atoms with Crippen LogP contribution in [0.5, 0.6) is 0 Å². The van der Waals surface area contributed by atoms with Gasteiger partial charge in [0, 0.05) is 33.6 Å². The van der Waals surface area contributed by atoms with Gasteiger partial charge in [0.25, 0.3) is 0 Å². The lowest BCUT2D eigenvalue weighted by Gasteiger charge is -1.94. The number of nitrogens with two attached hydrogens (primary N) is 2. The molecule has 23 heavy (non-hydrogen) atoms.